The number of carbonyl (C=O) groups is 1. The molecule has 0 unspecified atom stereocenters. The third-order valence-electron chi connectivity index (χ3n) is 3.43. The van der Waals surface area contributed by atoms with Crippen LogP contribution >= 0.6 is 22.9 Å². The van der Waals surface area contributed by atoms with E-state index in [2.05, 4.69) is 4.98 Å². The standard InChI is InChI=1S/C18H13ClFNO3S/c19-13-3-6-16(24-9-11-1-4-14(20)5-2-11)12(7-13)8-15-10-25-17(21-15)18(22)23/h1-7,10H,8-9H2,(H,22,23)/p-1. The van der Waals surface area contributed by atoms with E-state index in [1.807, 2.05) is 0 Å². The lowest BCUT2D eigenvalue weighted by molar-refractivity contribution is -0.255. The van der Waals surface area contributed by atoms with E-state index >= 15 is 0 Å². The summed E-state index contributed by atoms with van der Waals surface area (Å²) in [5, 5.41) is 13.0. The maximum Gasteiger partial charge on any atom is 0.139 e. The second kappa shape index (κ2) is 7.63. The molecule has 0 atom stereocenters. The fourth-order valence-corrected chi connectivity index (χ4v) is 3.09. The Morgan fingerprint density at radius 3 is 2.68 bits per heavy atom. The second-order valence-electron chi connectivity index (χ2n) is 5.28. The molecule has 0 amide bonds. The molecule has 7 heteroatoms. The summed E-state index contributed by atoms with van der Waals surface area (Å²) < 4.78 is 18.8. The number of aromatic nitrogens is 1. The average Bonchev–Trinajstić information content (AvgIpc) is 3.04. The largest absolute Gasteiger partial charge is 0.542 e. The van der Waals surface area contributed by atoms with Gasteiger partial charge in [0.05, 0.1) is 5.69 Å². The number of thiazole rings is 1. The molecule has 1 heterocycles. The predicted molar refractivity (Wildman–Crippen MR) is 91.4 cm³/mol. The van der Waals surface area contributed by atoms with Crippen molar-refractivity contribution in [3.8, 4) is 5.75 Å². The summed E-state index contributed by atoms with van der Waals surface area (Å²) in [6.45, 7) is 0.274. The quantitative estimate of drug-likeness (QED) is 0.661. The van der Waals surface area contributed by atoms with Gasteiger partial charge in [0.1, 0.15) is 29.2 Å². The van der Waals surface area contributed by atoms with E-state index in [1.165, 1.54) is 12.1 Å². The number of aromatic carboxylic acids is 1. The number of rotatable bonds is 6. The lowest BCUT2D eigenvalue weighted by Gasteiger charge is -2.11. The molecule has 0 saturated heterocycles. The van der Waals surface area contributed by atoms with Crippen molar-refractivity contribution < 1.29 is 19.0 Å². The second-order valence-corrected chi connectivity index (χ2v) is 6.57. The Hall–Kier alpha value is -2.44. The molecule has 0 aliphatic carbocycles. The van der Waals surface area contributed by atoms with Gasteiger partial charge in [-0.3, -0.25) is 0 Å². The molecule has 0 spiro atoms. The van der Waals surface area contributed by atoms with Gasteiger partial charge in [0.25, 0.3) is 0 Å². The van der Waals surface area contributed by atoms with E-state index in [-0.39, 0.29) is 17.4 Å². The van der Waals surface area contributed by atoms with E-state index in [9.17, 15) is 14.3 Å². The van der Waals surface area contributed by atoms with E-state index in [0.717, 1.165) is 22.5 Å². The molecular weight excluding hydrogens is 365 g/mol. The van der Waals surface area contributed by atoms with Crippen molar-refractivity contribution in [3.63, 3.8) is 0 Å². The number of hydrogen-bond acceptors (Lipinski definition) is 5. The van der Waals surface area contributed by atoms with Crippen LogP contribution < -0.4 is 9.84 Å². The molecule has 0 aliphatic rings. The minimum absolute atomic E-state index is 0.0641. The molecular formula is C18H12ClFNO3S-. The van der Waals surface area contributed by atoms with Crippen LogP contribution in [0.3, 0.4) is 0 Å². The molecule has 0 N–H and O–H groups in total. The number of hydrogen-bond donors (Lipinski definition) is 0. The van der Waals surface area contributed by atoms with Gasteiger partial charge in [-0.2, -0.15) is 0 Å². The molecule has 0 radical (unpaired) electrons. The monoisotopic (exact) mass is 376 g/mol. The van der Waals surface area contributed by atoms with Crippen LogP contribution in [-0.2, 0) is 13.0 Å². The zero-order valence-electron chi connectivity index (χ0n) is 12.9. The summed E-state index contributed by atoms with van der Waals surface area (Å²) >= 11 is 7.07. The van der Waals surface area contributed by atoms with E-state index in [0.29, 0.717) is 22.9 Å². The van der Waals surface area contributed by atoms with Crippen LogP contribution in [0.2, 0.25) is 5.02 Å². The Bertz CT molecular complexity index is 896. The highest BCUT2D eigenvalue weighted by Crippen LogP contribution is 2.27. The highest BCUT2D eigenvalue weighted by molar-refractivity contribution is 7.11. The van der Waals surface area contributed by atoms with Gasteiger partial charge in [-0.1, -0.05) is 23.7 Å². The van der Waals surface area contributed by atoms with Gasteiger partial charge in [0.15, 0.2) is 0 Å². The van der Waals surface area contributed by atoms with Crippen LogP contribution in [0, 0.1) is 5.82 Å². The molecule has 128 valence electrons. The Kier molecular flexibility index (Phi) is 5.31. The normalized spacial score (nSPS) is 10.6. The maximum atomic E-state index is 13.0. The Labute approximate surface area is 152 Å². The zero-order valence-corrected chi connectivity index (χ0v) is 14.4. The van der Waals surface area contributed by atoms with Crippen molar-refractivity contribution in [2.45, 2.75) is 13.0 Å². The third-order valence-corrected chi connectivity index (χ3v) is 4.53. The maximum absolute atomic E-state index is 13.0. The molecule has 25 heavy (non-hydrogen) atoms. The molecule has 0 saturated carbocycles. The smallest absolute Gasteiger partial charge is 0.139 e. The highest BCUT2D eigenvalue weighted by atomic mass is 35.5. The molecule has 0 aliphatic heterocycles. The number of halogens is 2. The van der Waals surface area contributed by atoms with Gasteiger partial charge < -0.3 is 14.6 Å². The van der Waals surface area contributed by atoms with Gasteiger partial charge >= 0.3 is 0 Å². The van der Waals surface area contributed by atoms with Crippen LogP contribution in [0.25, 0.3) is 0 Å². The number of nitrogens with zero attached hydrogens (tertiary/aromatic N) is 1. The number of carboxylic acid groups (broad SMARTS) is 1. The van der Waals surface area contributed by atoms with Gasteiger partial charge in [-0.15, -0.1) is 11.3 Å². The first kappa shape index (κ1) is 17.4. The summed E-state index contributed by atoms with van der Waals surface area (Å²) in [6.07, 6.45) is 0.378. The first-order valence-electron chi connectivity index (χ1n) is 7.32. The lowest BCUT2D eigenvalue weighted by Crippen LogP contribution is -2.21. The SMILES string of the molecule is O=C([O-])c1nc(Cc2cc(Cl)ccc2OCc2ccc(F)cc2)cs1. The summed E-state index contributed by atoms with van der Waals surface area (Å²) in [5.74, 6) is -0.991. The lowest BCUT2D eigenvalue weighted by atomic mass is 10.1. The summed E-state index contributed by atoms with van der Waals surface area (Å²) in [6, 6.07) is 11.2. The van der Waals surface area contributed by atoms with Crippen LogP contribution in [-0.4, -0.2) is 11.0 Å². The number of ether oxygens (including phenoxy) is 1. The fourth-order valence-electron chi connectivity index (χ4n) is 2.25. The minimum atomic E-state index is -1.30. The number of benzene rings is 2. The zero-order chi connectivity index (χ0) is 17.8. The van der Waals surface area contributed by atoms with Crippen LogP contribution in [0.15, 0.2) is 47.8 Å². The molecule has 4 nitrogen and oxygen atoms in total. The number of carbonyl (C=O) groups excluding carboxylic acids is 1. The topological polar surface area (TPSA) is 62.2 Å². The minimum Gasteiger partial charge on any atom is -0.542 e. The van der Waals surface area contributed by atoms with Crippen molar-refractivity contribution in [1.82, 2.24) is 4.98 Å². The van der Waals surface area contributed by atoms with Gasteiger partial charge in [-0.25, -0.2) is 9.37 Å². The molecule has 3 rings (SSSR count). The molecule has 0 fully saturated rings. The van der Waals surface area contributed by atoms with Crippen LogP contribution in [0.4, 0.5) is 4.39 Å². The van der Waals surface area contributed by atoms with Crippen molar-refractivity contribution in [2.75, 3.05) is 0 Å². The molecule has 3 aromatic rings. The van der Waals surface area contributed by atoms with Gasteiger partial charge in [-0.05, 0) is 35.9 Å². The highest BCUT2D eigenvalue weighted by Gasteiger charge is 2.10. The van der Waals surface area contributed by atoms with E-state index < -0.39 is 5.97 Å². The molecule has 1 aromatic heterocycles. The fraction of sp³-hybridized carbons (Fsp3) is 0.111. The van der Waals surface area contributed by atoms with Gasteiger partial charge in [0, 0.05) is 22.4 Å². The first-order chi connectivity index (χ1) is 12.0. The summed E-state index contributed by atoms with van der Waals surface area (Å²) in [5.41, 5.74) is 2.21. The Morgan fingerprint density at radius 2 is 2.00 bits per heavy atom. The molecule has 0 bridgehead atoms. The van der Waals surface area contributed by atoms with E-state index in [1.54, 1.807) is 35.7 Å². The summed E-state index contributed by atoms with van der Waals surface area (Å²) in [4.78, 5) is 14.9. The predicted octanol–water partition coefficient (Wildman–Crippen LogP) is 3.47. The van der Waals surface area contributed by atoms with Gasteiger partial charge in [0.2, 0.25) is 0 Å². The Balaban J connectivity index is 1.77. The number of carboxylic acids is 1. The van der Waals surface area contributed by atoms with Crippen LogP contribution in [0.5, 0.6) is 5.75 Å². The van der Waals surface area contributed by atoms with Crippen molar-refractivity contribution in [2.24, 2.45) is 0 Å². The summed E-state index contributed by atoms with van der Waals surface area (Å²) in [7, 11) is 0. The average molecular weight is 377 g/mol. The van der Waals surface area contributed by atoms with Crippen molar-refractivity contribution >= 4 is 28.9 Å². The van der Waals surface area contributed by atoms with Crippen molar-refractivity contribution in [1.29, 1.82) is 0 Å². The molecule has 2 aromatic carbocycles. The van der Waals surface area contributed by atoms with E-state index in [4.69, 9.17) is 16.3 Å². The third kappa shape index (κ3) is 4.55. The van der Waals surface area contributed by atoms with Crippen molar-refractivity contribution in [3.05, 3.63) is 80.5 Å². The van der Waals surface area contributed by atoms with Crippen LogP contribution in [0.1, 0.15) is 26.6 Å². The first-order valence-corrected chi connectivity index (χ1v) is 8.58. The Morgan fingerprint density at radius 1 is 1.24 bits per heavy atom.